The maximum atomic E-state index is 4.50. The Balaban J connectivity index is 1.27. The summed E-state index contributed by atoms with van der Waals surface area (Å²) in [5, 5.41) is 9.03. The first kappa shape index (κ1) is 17.1. The molecule has 0 saturated heterocycles. The van der Waals surface area contributed by atoms with Gasteiger partial charge in [-0.25, -0.2) is 0 Å². The van der Waals surface area contributed by atoms with Crippen molar-refractivity contribution in [1.29, 1.82) is 0 Å². The second-order valence-corrected chi connectivity index (χ2v) is 7.71. The van der Waals surface area contributed by atoms with E-state index in [2.05, 4.69) is 91.3 Å². The number of fused-ring (bicyclic) bond motifs is 2. The van der Waals surface area contributed by atoms with Gasteiger partial charge in [0, 0.05) is 34.9 Å². The normalized spacial score (nSPS) is 16.3. The second-order valence-electron chi connectivity index (χ2n) is 7.71. The van der Waals surface area contributed by atoms with E-state index in [1.54, 1.807) is 0 Å². The number of aliphatic imine (C=N–C) groups is 2. The maximum absolute atomic E-state index is 4.50. The number of H-pyrrole nitrogens is 2. The number of aromatic amines is 2. The molecule has 0 amide bonds. The first-order chi connectivity index (χ1) is 14.8. The van der Waals surface area contributed by atoms with Crippen LogP contribution in [0.4, 0.5) is 0 Å². The van der Waals surface area contributed by atoms with Gasteiger partial charge >= 0.3 is 0 Å². The standard InChI is InChI=1S/C24H22N6/c1(15-3-5-17-13-21(29-19(17)11-15)23-25-7-8-26-23)2-16-4-6-18-14-22(30-20(18)12-16)24-27-9-10-28-24/h1-6,11-14,29-30H,7-10H2,(H,25,26)(H,27,28)/b2-1-. The van der Waals surface area contributed by atoms with E-state index in [4.69, 9.17) is 0 Å². The van der Waals surface area contributed by atoms with Gasteiger partial charge in [-0.05, 0) is 35.4 Å². The number of hydrogen-bond acceptors (Lipinski definition) is 4. The van der Waals surface area contributed by atoms with Crippen molar-refractivity contribution in [3.8, 4) is 0 Å². The molecule has 0 spiro atoms. The first-order valence-corrected chi connectivity index (χ1v) is 10.3. The molecular weight excluding hydrogens is 372 g/mol. The van der Waals surface area contributed by atoms with Gasteiger partial charge in [0.05, 0.1) is 24.5 Å². The van der Waals surface area contributed by atoms with Crippen LogP contribution < -0.4 is 10.6 Å². The molecule has 4 N–H and O–H groups in total. The Labute approximate surface area is 173 Å². The van der Waals surface area contributed by atoms with E-state index >= 15 is 0 Å². The van der Waals surface area contributed by atoms with Crippen LogP contribution in [0.2, 0.25) is 0 Å². The van der Waals surface area contributed by atoms with E-state index in [9.17, 15) is 0 Å². The number of aromatic nitrogens is 2. The van der Waals surface area contributed by atoms with Gasteiger partial charge < -0.3 is 20.6 Å². The van der Waals surface area contributed by atoms with Gasteiger partial charge in [0.2, 0.25) is 0 Å². The molecule has 6 rings (SSSR count). The zero-order valence-corrected chi connectivity index (χ0v) is 16.5. The van der Waals surface area contributed by atoms with Gasteiger partial charge in [-0.1, -0.05) is 36.4 Å². The summed E-state index contributed by atoms with van der Waals surface area (Å²) in [6.07, 6.45) is 4.30. The SMILES string of the molecule is C(=C/c1ccc2cc(C3=NCCN3)[nH]c2c1)/c1ccc2cc(C3=NCCN3)[nH]c2c1. The van der Waals surface area contributed by atoms with E-state index in [0.29, 0.717) is 0 Å². The van der Waals surface area contributed by atoms with Crippen LogP contribution in [0.3, 0.4) is 0 Å². The summed E-state index contributed by atoms with van der Waals surface area (Å²) in [5.74, 6) is 1.92. The predicted molar refractivity (Wildman–Crippen MR) is 124 cm³/mol. The van der Waals surface area contributed by atoms with E-state index < -0.39 is 0 Å². The molecule has 0 aliphatic carbocycles. The number of nitrogens with one attached hydrogen (secondary N) is 4. The molecule has 6 nitrogen and oxygen atoms in total. The van der Waals surface area contributed by atoms with Crippen LogP contribution in [0.25, 0.3) is 34.0 Å². The monoisotopic (exact) mass is 394 g/mol. The molecule has 2 aromatic carbocycles. The molecule has 0 bridgehead atoms. The predicted octanol–water partition coefficient (Wildman–Crippen LogP) is 3.52. The van der Waals surface area contributed by atoms with E-state index in [0.717, 1.165) is 71.4 Å². The van der Waals surface area contributed by atoms with Crippen molar-refractivity contribution in [2.75, 3.05) is 26.2 Å². The summed E-state index contributed by atoms with van der Waals surface area (Å²) in [6, 6.07) is 17.3. The highest BCUT2D eigenvalue weighted by atomic mass is 15.1. The summed E-state index contributed by atoms with van der Waals surface area (Å²) in [6.45, 7) is 3.51. The molecular formula is C24H22N6. The summed E-state index contributed by atoms with van der Waals surface area (Å²) in [4.78, 5) is 16.0. The first-order valence-electron chi connectivity index (χ1n) is 10.3. The lowest BCUT2D eigenvalue weighted by atomic mass is 10.1. The lowest BCUT2D eigenvalue weighted by molar-refractivity contribution is 0.959. The fourth-order valence-electron chi connectivity index (χ4n) is 4.10. The van der Waals surface area contributed by atoms with Crippen LogP contribution in [0.15, 0.2) is 58.5 Å². The van der Waals surface area contributed by atoms with Gasteiger partial charge in [-0.2, -0.15) is 0 Å². The highest BCUT2D eigenvalue weighted by Gasteiger charge is 2.12. The lowest BCUT2D eigenvalue weighted by Gasteiger charge is -1.98. The van der Waals surface area contributed by atoms with Crippen molar-refractivity contribution in [1.82, 2.24) is 20.6 Å². The fraction of sp³-hybridized carbons (Fsp3) is 0.167. The highest BCUT2D eigenvalue weighted by molar-refractivity contribution is 6.03. The van der Waals surface area contributed by atoms with Crippen LogP contribution in [0.1, 0.15) is 22.5 Å². The number of hydrogen-bond donors (Lipinski definition) is 4. The quantitative estimate of drug-likeness (QED) is 0.400. The highest BCUT2D eigenvalue weighted by Crippen LogP contribution is 2.22. The fourth-order valence-corrected chi connectivity index (χ4v) is 4.10. The van der Waals surface area contributed by atoms with Crippen LogP contribution >= 0.6 is 0 Å². The Morgan fingerprint density at radius 1 is 0.633 bits per heavy atom. The molecule has 2 aliphatic rings. The number of amidine groups is 2. The summed E-state index contributed by atoms with van der Waals surface area (Å²) in [7, 11) is 0. The molecule has 148 valence electrons. The Morgan fingerprint density at radius 3 is 1.57 bits per heavy atom. The van der Waals surface area contributed by atoms with Crippen LogP contribution in [-0.4, -0.2) is 47.8 Å². The van der Waals surface area contributed by atoms with E-state index in [1.165, 1.54) is 10.8 Å². The number of rotatable bonds is 4. The van der Waals surface area contributed by atoms with E-state index in [1.807, 2.05) is 0 Å². The Hall–Kier alpha value is -3.80. The minimum atomic E-state index is 0.843. The molecule has 0 unspecified atom stereocenters. The van der Waals surface area contributed by atoms with Crippen molar-refractivity contribution < 1.29 is 0 Å². The van der Waals surface area contributed by atoms with Crippen molar-refractivity contribution in [3.63, 3.8) is 0 Å². The minimum absolute atomic E-state index is 0.843. The third kappa shape index (κ3) is 3.06. The van der Waals surface area contributed by atoms with Gasteiger partial charge in [-0.3, -0.25) is 9.98 Å². The second kappa shape index (κ2) is 6.91. The summed E-state index contributed by atoms with van der Waals surface area (Å²) in [5.41, 5.74) is 6.68. The van der Waals surface area contributed by atoms with Crippen molar-refractivity contribution in [2.24, 2.45) is 9.98 Å². The van der Waals surface area contributed by atoms with Gasteiger partial charge in [-0.15, -0.1) is 0 Å². The molecule has 0 radical (unpaired) electrons. The average molecular weight is 394 g/mol. The van der Waals surface area contributed by atoms with Gasteiger partial charge in [0.1, 0.15) is 11.7 Å². The molecule has 2 aliphatic heterocycles. The third-order valence-corrected chi connectivity index (χ3v) is 5.62. The molecule has 0 atom stereocenters. The molecule has 4 heterocycles. The Kier molecular flexibility index (Phi) is 3.94. The molecule has 6 heteroatoms. The zero-order valence-electron chi connectivity index (χ0n) is 16.5. The number of nitrogens with zero attached hydrogens (tertiary/aromatic N) is 2. The van der Waals surface area contributed by atoms with Gasteiger partial charge in [0.25, 0.3) is 0 Å². The lowest BCUT2D eigenvalue weighted by Crippen LogP contribution is -2.19. The molecule has 0 saturated carbocycles. The van der Waals surface area contributed by atoms with Crippen molar-refractivity contribution >= 4 is 45.6 Å². The maximum Gasteiger partial charge on any atom is 0.145 e. The summed E-state index contributed by atoms with van der Waals surface area (Å²) < 4.78 is 0. The van der Waals surface area contributed by atoms with Crippen LogP contribution in [-0.2, 0) is 0 Å². The molecule has 2 aromatic heterocycles. The minimum Gasteiger partial charge on any atom is -0.367 e. The molecule has 0 fully saturated rings. The topological polar surface area (TPSA) is 80.4 Å². The molecule has 4 aromatic rings. The van der Waals surface area contributed by atoms with Gasteiger partial charge in [0.15, 0.2) is 0 Å². The summed E-state index contributed by atoms with van der Waals surface area (Å²) >= 11 is 0. The molecule has 30 heavy (non-hydrogen) atoms. The van der Waals surface area contributed by atoms with Crippen molar-refractivity contribution in [2.45, 2.75) is 0 Å². The smallest absolute Gasteiger partial charge is 0.145 e. The Bertz CT molecular complexity index is 1250. The Morgan fingerprint density at radius 2 is 1.13 bits per heavy atom. The largest absolute Gasteiger partial charge is 0.367 e. The van der Waals surface area contributed by atoms with Crippen molar-refractivity contribution in [3.05, 3.63) is 71.0 Å². The third-order valence-electron chi connectivity index (χ3n) is 5.62. The van der Waals surface area contributed by atoms with Crippen LogP contribution in [0.5, 0.6) is 0 Å². The van der Waals surface area contributed by atoms with E-state index in [-0.39, 0.29) is 0 Å². The van der Waals surface area contributed by atoms with Crippen LogP contribution in [0, 0.1) is 0 Å². The zero-order chi connectivity index (χ0) is 19.9. The number of benzene rings is 2. The average Bonchev–Trinajstić information content (AvgIpc) is 3.55.